The van der Waals surface area contributed by atoms with Gasteiger partial charge in [0.05, 0.1) is 18.5 Å². The van der Waals surface area contributed by atoms with E-state index in [0.717, 1.165) is 42.7 Å². The Kier molecular flexibility index (Phi) is 10.8. The van der Waals surface area contributed by atoms with Gasteiger partial charge in [-0.15, -0.1) is 4.91 Å². The van der Waals surface area contributed by atoms with Crippen LogP contribution in [0.3, 0.4) is 0 Å². The maximum absolute atomic E-state index is 11.2. The van der Waals surface area contributed by atoms with Gasteiger partial charge in [-0.25, -0.2) is 5.43 Å². The summed E-state index contributed by atoms with van der Waals surface area (Å²) in [6.07, 6.45) is 4.60. The van der Waals surface area contributed by atoms with Gasteiger partial charge in [-0.1, -0.05) is 38.1 Å². The second-order valence-electron chi connectivity index (χ2n) is 8.15. The summed E-state index contributed by atoms with van der Waals surface area (Å²) in [4.78, 5) is 21.1. The molecule has 0 aliphatic carbocycles. The van der Waals surface area contributed by atoms with Gasteiger partial charge in [-0.05, 0) is 73.9 Å². The van der Waals surface area contributed by atoms with Crippen molar-refractivity contribution in [3.63, 3.8) is 0 Å². The van der Waals surface area contributed by atoms with Gasteiger partial charge in [0, 0.05) is 11.8 Å². The van der Waals surface area contributed by atoms with Crippen molar-refractivity contribution >= 4 is 5.91 Å². The van der Waals surface area contributed by atoms with E-state index in [2.05, 4.69) is 43.4 Å². The zero-order valence-corrected chi connectivity index (χ0v) is 19.9. The van der Waals surface area contributed by atoms with Crippen molar-refractivity contribution in [3.05, 3.63) is 64.1 Å². The molecule has 0 atom stereocenters. The number of carbonyl (C=O) groups is 1. The lowest BCUT2D eigenvalue weighted by Gasteiger charge is -2.34. The predicted molar refractivity (Wildman–Crippen MR) is 129 cm³/mol. The molecule has 0 saturated carbocycles. The van der Waals surface area contributed by atoms with Crippen LogP contribution in [0.1, 0.15) is 69.1 Å². The van der Waals surface area contributed by atoms with Crippen LogP contribution in [0.4, 0.5) is 0 Å². The van der Waals surface area contributed by atoms with E-state index < -0.39 is 0 Å². The van der Waals surface area contributed by atoms with Crippen molar-refractivity contribution in [2.45, 2.75) is 64.7 Å². The van der Waals surface area contributed by atoms with Crippen molar-refractivity contribution in [2.24, 2.45) is 5.29 Å². The molecular weight excluding hydrogens is 420 g/mol. The van der Waals surface area contributed by atoms with Gasteiger partial charge in [0.25, 0.3) is 0 Å². The molecule has 0 bridgehead atoms. The number of nitrogens with one attached hydrogen (secondary N) is 1. The van der Waals surface area contributed by atoms with Crippen LogP contribution in [0.5, 0.6) is 11.5 Å². The van der Waals surface area contributed by atoms with Crippen LogP contribution in [0, 0.1) is 11.8 Å². The highest BCUT2D eigenvalue weighted by Crippen LogP contribution is 2.40. The van der Waals surface area contributed by atoms with E-state index in [0.29, 0.717) is 26.1 Å². The second-order valence-corrected chi connectivity index (χ2v) is 8.15. The average molecular weight is 457 g/mol. The van der Waals surface area contributed by atoms with Gasteiger partial charge in [-0.2, -0.15) is 0 Å². The minimum atomic E-state index is -0.348. The summed E-state index contributed by atoms with van der Waals surface area (Å²) in [5.74, 6) is 1.28. The normalized spacial score (nSPS) is 11.2. The summed E-state index contributed by atoms with van der Waals surface area (Å²) < 4.78 is 11.5. The zero-order chi connectivity index (χ0) is 24.1. The predicted octanol–water partition coefficient (Wildman–Crippen LogP) is 5.21. The maximum atomic E-state index is 11.2. The van der Waals surface area contributed by atoms with Gasteiger partial charge in [0.1, 0.15) is 18.1 Å². The quantitative estimate of drug-likeness (QED) is 0.218. The summed E-state index contributed by atoms with van der Waals surface area (Å²) >= 11 is 0. The lowest BCUT2D eigenvalue weighted by Crippen LogP contribution is -2.26. The van der Waals surface area contributed by atoms with Gasteiger partial charge in [-0.3, -0.25) is 4.79 Å². The smallest absolute Gasteiger partial charge is 0.242 e. The molecule has 0 aliphatic heterocycles. The van der Waals surface area contributed by atoms with Crippen LogP contribution in [-0.2, 0) is 10.2 Å². The van der Waals surface area contributed by atoms with Gasteiger partial charge >= 0.3 is 0 Å². The highest BCUT2D eigenvalue weighted by Gasteiger charge is 2.31. The van der Waals surface area contributed by atoms with Crippen LogP contribution in [0.2, 0.25) is 0 Å². The largest absolute Gasteiger partial charge is 0.494 e. The Balaban J connectivity index is 2.00. The van der Waals surface area contributed by atoms with Crippen molar-refractivity contribution in [1.29, 1.82) is 0 Å². The molecule has 2 aromatic carbocycles. The van der Waals surface area contributed by atoms with E-state index in [1.165, 1.54) is 11.1 Å². The SMILES string of the molecule is CCC(CC)(c1ccc(OCCCCCC(=O)NN=O)cc1)c1ccc(OCCO)c(C)c1. The molecule has 0 fully saturated rings. The topological polar surface area (TPSA) is 97.2 Å². The number of nitrogens with zero attached hydrogens (tertiary/aromatic N) is 1. The number of nitroso groups, excluding NO2 is 1. The molecule has 0 heterocycles. The Bertz CT molecular complexity index is 879. The fourth-order valence-corrected chi connectivity index (χ4v) is 4.23. The average Bonchev–Trinajstić information content (AvgIpc) is 2.83. The highest BCUT2D eigenvalue weighted by atomic mass is 16.5. The summed E-state index contributed by atoms with van der Waals surface area (Å²) in [6.45, 7) is 7.33. The van der Waals surface area contributed by atoms with Crippen molar-refractivity contribution in [1.82, 2.24) is 5.43 Å². The lowest BCUT2D eigenvalue weighted by atomic mass is 9.70. The molecule has 0 saturated heterocycles. The number of benzene rings is 2. The fraction of sp³-hybridized carbons (Fsp3) is 0.500. The highest BCUT2D eigenvalue weighted by molar-refractivity contribution is 5.75. The molecule has 0 aromatic heterocycles. The number of ether oxygens (including phenoxy) is 2. The molecule has 2 N–H and O–H groups in total. The van der Waals surface area contributed by atoms with Crippen LogP contribution >= 0.6 is 0 Å². The van der Waals surface area contributed by atoms with E-state index >= 15 is 0 Å². The Labute approximate surface area is 196 Å². The molecule has 33 heavy (non-hydrogen) atoms. The lowest BCUT2D eigenvalue weighted by molar-refractivity contribution is -0.121. The van der Waals surface area contributed by atoms with E-state index in [-0.39, 0.29) is 17.9 Å². The Morgan fingerprint density at radius 2 is 1.67 bits per heavy atom. The summed E-state index contributed by atoms with van der Waals surface area (Å²) in [6, 6.07) is 14.6. The van der Waals surface area contributed by atoms with Crippen molar-refractivity contribution < 1.29 is 19.4 Å². The molecule has 0 unspecified atom stereocenters. The molecular formula is C26H36N2O5. The second kappa shape index (κ2) is 13.6. The Morgan fingerprint density at radius 1 is 0.970 bits per heavy atom. The Morgan fingerprint density at radius 3 is 2.27 bits per heavy atom. The molecule has 7 heteroatoms. The number of aliphatic hydroxyl groups excluding tert-OH is 1. The first kappa shape index (κ1) is 26.3. The van der Waals surface area contributed by atoms with E-state index in [1.807, 2.05) is 30.5 Å². The van der Waals surface area contributed by atoms with E-state index in [1.54, 1.807) is 0 Å². The monoisotopic (exact) mass is 456 g/mol. The Hall–Kier alpha value is -2.93. The number of aliphatic hydroxyl groups is 1. The third-order valence-corrected chi connectivity index (χ3v) is 6.18. The first-order valence-electron chi connectivity index (χ1n) is 11.7. The van der Waals surface area contributed by atoms with Crippen molar-refractivity contribution in [2.75, 3.05) is 19.8 Å². The first-order valence-corrected chi connectivity index (χ1v) is 11.7. The number of amides is 1. The molecule has 2 rings (SSSR count). The van der Waals surface area contributed by atoms with Crippen LogP contribution in [-0.4, -0.2) is 30.8 Å². The third-order valence-electron chi connectivity index (χ3n) is 6.18. The number of rotatable bonds is 15. The van der Waals surface area contributed by atoms with Gasteiger partial charge < -0.3 is 14.6 Å². The minimum Gasteiger partial charge on any atom is -0.494 e. The maximum Gasteiger partial charge on any atom is 0.242 e. The first-order chi connectivity index (χ1) is 16.0. The summed E-state index contributed by atoms with van der Waals surface area (Å²) in [5.41, 5.74) is 5.36. The third kappa shape index (κ3) is 7.29. The number of hydrogen-bond donors (Lipinski definition) is 2. The molecule has 0 aliphatic rings. The fourth-order valence-electron chi connectivity index (χ4n) is 4.23. The number of unbranched alkanes of at least 4 members (excludes halogenated alkanes) is 2. The van der Waals surface area contributed by atoms with E-state index in [9.17, 15) is 9.70 Å². The molecule has 0 spiro atoms. The number of carbonyl (C=O) groups excluding carboxylic acids is 1. The molecule has 180 valence electrons. The van der Waals surface area contributed by atoms with Gasteiger partial charge in [0.15, 0.2) is 0 Å². The van der Waals surface area contributed by atoms with Crippen LogP contribution < -0.4 is 14.9 Å². The van der Waals surface area contributed by atoms with E-state index in [4.69, 9.17) is 14.6 Å². The van der Waals surface area contributed by atoms with Gasteiger partial charge in [0.2, 0.25) is 5.91 Å². The molecule has 0 radical (unpaired) electrons. The van der Waals surface area contributed by atoms with Crippen molar-refractivity contribution in [3.8, 4) is 11.5 Å². The number of hydrogen-bond acceptors (Lipinski definition) is 6. The number of aryl methyl sites for hydroxylation is 1. The molecule has 2 aromatic rings. The van der Waals surface area contributed by atoms with Crippen LogP contribution in [0.25, 0.3) is 0 Å². The minimum absolute atomic E-state index is 0.000258. The molecule has 7 nitrogen and oxygen atoms in total. The van der Waals surface area contributed by atoms with Crippen LogP contribution in [0.15, 0.2) is 47.8 Å². The standard InChI is InChI=1S/C26H36N2O5/c1-4-26(5-2,22-12-15-24(20(3)19-22)33-18-16-29)21-10-13-23(14-11-21)32-17-8-6-7-9-25(30)27-28-31/h10-15,19,29H,4-9,16-18H2,1-3H3,(H,27,30,31). The summed E-state index contributed by atoms with van der Waals surface area (Å²) in [7, 11) is 0. The zero-order valence-electron chi connectivity index (χ0n) is 19.9. The summed E-state index contributed by atoms with van der Waals surface area (Å²) in [5, 5.41) is 11.4. The molecule has 1 amide bonds.